The first-order chi connectivity index (χ1) is 13.1. The van der Waals surface area contributed by atoms with Crippen molar-refractivity contribution in [2.45, 2.75) is 51.9 Å². The second-order valence-corrected chi connectivity index (χ2v) is 7.88. The fourth-order valence-electron chi connectivity index (χ4n) is 4.19. The Hall–Kier alpha value is -2.11. The number of rotatable bonds is 6. The Balaban J connectivity index is 1.57. The van der Waals surface area contributed by atoms with E-state index in [-0.39, 0.29) is 17.4 Å². The third kappa shape index (κ3) is 5.21. The molecular formula is C21H31N3O3. The van der Waals surface area contributed by atoms with Crippen molar-refractivity contribution in [1.29, 1.82) is 0 Å². The lowest BCUT2D eigenvalue weighted by molar-refractivity contribution is -0.139. The van der Waals surface area contributed by atoms with Gasteiger partial charge in [-0.2, -0.15) is 0 Å². The van der Waals surface area contributed by atoms with E-state index in [1.807, 2.05) is 28.0 Å². The summed E-state index contributed by atoms with van der Waals surface area (Å²) in [4.78, 5) is 33.0. The van der Waals surface area contributed by atoms with Crippen LogP contribution in [-0.2, 0) is 16.0 Å². The molecule has 3 heterocycles. The minimum absolute atomic E-state index is 0.0139. The average molecular weight is 373 g/mol. The van der Waals surface area contributed by atoms with Crippen LogP contribution >= 0.6 is 0 Å². The number of hydrogen-bond acceptors (Lipinski definition) is 4. The highest BCUT2D eigenvalue weighted by Gasteiger charge is 2.42. The van der Waals surface area contributed by atoms with Gasteiger partial charge in [0.15, 0.2) is 0 Å². The van der Waals surface area contributed by atoms with Gasteiger partial charge in [0, 0.05) is 56.3 Å². The first kappa shape index (κ1) is 19.6. The molecule has 0 N–H and O–H groups in total. The number of piperidine rings is 2. The number of ether oxygens (including phenoxy) is 1. The molecule has 2 amide bonds. The van der Waals surface area contributed by atoms with Crippen molar-refractivity contribution in [3.8, 4) is 0 Å². The fraction of sp³-hybridized carbons (Fsp3) is 0.667. The maximum absolute atomic E-state index is 12.4. The maximum Gasteiger partial charge on any atom is 0.409 e. The highest BCUT2D eigenvalue weighted by molar-refractivity contribution is 5.77. The Morgan fingerprint density at radius 3 is 2.96 bits per heavy atom. The van der Waals surface area contributed by atoms with Gasteiger partial charge in [-0.15, -0.1) is 0 Å². The summed E-state index contributed by atoms with van der Waals surface area (Å²) in [6.07, 6.45) is 7.77. The molecular weight excluding hydrogens is 342 g/mol. The van der Waals surface area contributed by atoms with Crippen molar-refractivity contribution < 1.29 is 14.3 Å². The fourth-order valence-corrected chi connectivity index (χ4v) is 4.19. The van der Waals surface area contributed by atoms with Crippen molar-refractivity contribution >= 4 is 12.0 Å². The molecule has 6 nitrogen and oxygen atoms in total. The predicted octanol–water partition coefficient (Wildman–Crippen LogP) is 3.27. The summed E-state index contributed by atoms with van der Waals surface area (Å²) in [5.41, 5.74) is 1.02. The van der Waals surface area contributed by atoms with Crippen LogP contribution in [-0.4, -0.2) is 59.6 Å². The SMILES string of the molecule is CCCCOC(=O)N1CCC[C@]2(CCC(=O)N(CCc3ccccn3)C2)C1. The first-order valence-corrected chi connectivity index (χ1v) is 10.2. The Bertz CT molecular complexity index is 637. The highest BCUT2D eigenvalue weighted by atomic mass is 16.6. The number of nitrogens with zero attached hydrogens (tertiary/aromatic N) is 3. The molecule has 6 heteroatoms. The summed E-state index contributed by atoms with van der Waals surface area (Å²) in [6, 6.07) is 5.88. The lowest BCUT2D eigenvalue weighted by Crippen LogP contribution is -2.55. The van der Waals surface area contributed by atoms with Gasteiger partial charge in [-0.05, 0) is 37.8 Å². The number of amides is 2. The minimum atomic E-state index is -0.195. The quantitative estimate of drug-likeness (QED) is 0.718. The van der Waals surface area contributed by atoms with Gasteiger partial charge in [-0.1, -0.05) is 19.4 Å². The molecule has 0 unspecified atom stereocenters. The van der Waals surface area contributed by atoms with E-state index in [1.54, 1.807) is 6.20 Å². The van der Waals surface area contributed by atoms with Gasteiger partial charge in [0.25, 0.3) is 0 Å². The molecule has 27 heavy (non-hydrogen) atoms. The van der Waals surface area contributed by atoms with Crippen LogP contribution in [0.4, 0.5) is 4.79 Å². The number of carbonyl (C=O) groups excluding carboxylic acids is 2. The van der Waals surface area contributed by atoms with Crippen LogP contribution in [0.25, 0.3) is 0 Å². The number of unbranched alkanes of at least 4 members (excludes halogenated alkanes) is 1. The van der Waals surface area contributed by atoms with E-state index in [2.05, 4.69) is 11.9 Å². The maximum atomic E-state index is 12.4. The van der Waals surface area contributed by atoms with Crippen LogP contribution < -0.4 is 0 Å². The number of likely N-dealkylation sites (tertiary alicyclic amines) is 2. The Morgan fingerprint density at radius 2 is 2.19 bits per heavy atom. The van der Waals surface area contributed by atoms with E-state index in [0.717, 1.165) is 57.3 Å². The second-order valence-electron chi connectivity index (χ2n) is 7.88. The average Bonchev–Trinajstić information content (AvgIpc) is 2.70. The summed E-state index contributed by atoms with van der Waals surface area (Å²) in [5.74, 6) is 0.221. The van der Waals surface area contributed by atoms with Crippen molar-refractivity contribution in [3.05, 3.63) is 30.1 Å². The van der Waals surface area contributed by atoms with Gasteiger partial charge in [-0.25, -0.2) is 4.79 Å². The van der Waals surface area contributed by atoms with Crippen LogP contribution in [0, 0.1) is 5.41 Å². The Labute approximate surface area is 161 Å². The molecule has 3 rings (SSSR count). The molecule has 1 atom stereocenters. The van der Waals surface area contributed by atoms with Gasteiger partial charge in [-0.3, -0.25) is 9.78 Å². The summed E-state index contributed by atoms with van der Waals surface area (Å²) in [7, 11) is 0. The van der Waals surface area contributed by atoms with Crippen molar-refractivity contribution in [1.82, 2.24) is 14.8 Å². The van der Waals surface area contributed by atoms with Gasteiger partial charge >= 0.3 is 6.09 Å². The van der Waals surface area contributed by atoms with E-state index in [4.69, 9.17) is 4.74 Å². The summed E-state index contributed by atoms with van der Waals surface area (Å²) in [6.45, 7) is 5.46. The monoisotopic (exact) mass is 373 g/mol. The number of pyridine rings is 1. The van der Waals surface area contributed by atoms with Crippen molar-refractivity contribution in [3.63, 3.8) is 0 Å². The molecule has 2 aliphatic rings. The minimum Gasteiger partial charge on any atom is -0.449 e. The smallest absolute Gasteiger partial charge is 0.409 e. The second kappa shape index (κ2) is 9.20. The summed E-state index contributed by atoms with van der Waals surface area (Å²) >= 11 is 0. The molecule has 0 aromatic carbocycles. The normalized spacial score (nSPS) is 22.9. The molecule has 0 radical (unpaired) electrons. The Morgan fingerprint density at radius 1 is 1.30 bits per heavy atom. The predicted molar refractivity (Wildman–Crippen MR) is 103 cm³/mol. The lowest BCUT2D eigenvalue weighted by Gasteiger charge is -2.47. The summed E-state index contributed by atoms with van der Waals surface area (Å²) < 4.78 is 5.41. The van der Waals surface area contributed by atoms with Gasteiger partial charge in [0.1, 0.15) is 0 Å². The molecule has 0 saturated carbocycles. The number of aromatic nitrogens is 1. The molecule has 1 aromatic heterocycles. The molecule has 1 spiro atoms. The van der Waals surface area contributed by atoms with E-state index >= 15 is 0 Å². The third-order valence-corrected chi connectivity index (χ3v) is 5.76. The van der Waals surface area contributed by atoms with E-state index in [1.165, 1.54) is 0 Å². The van der Waals surface area contributed by atoms with E-state index < -0.39 is 0 Å². The van der Waals surface area contributed by atoms with E-state index in [0.29, 0.717) is 26.1 Å². The van der Waals surface area contributed by atoms with Crippen molar-refractivity contribution in [2.75, 3.05) is 32.8 Å². The van der Waals surface area contributed by atoms with Crippen LogP contribution in [0.2, 0.25) is 0 Å². The third-order valence-electron chi connectivity index (χ3n) is 5.76. The zero-order chi connectivity index (χ0) is 19.1. The van der Waals surface area contributed by atoms with Crippen LogP contribution in [0.1, 0.15) is 51.1 Å². The Kier molecular flexibility index (Phi) is 6.69. The zero-order valence-corrected chi connectivity index (χ0v) is 16.4. The standard InChI is InChI=1S/C21H31N3O3/c1-2-3-15-27-20(26)24-13-6-10-21(17-24)11-8-19(25)23(16-21)14-9-18-7-4-5-12-22-18/h4-5,7,12H,2-3,6,8-11,13-17H2,1H3/t21-/m1/s1. The molecule has 1 aromatic rings. The van der Waals surface area contributed by atoms with Crippen LogP contribution in [0.3, 0.4) is 0 Å². The van der Waals surface area contributed by atoms with Gasteiger partial charge in [0.05, 0.1) is 6.61 Å². The molecule has 0 aliphatic carbocycles. The topological polar surface area (TPSA) is 62.7 Å². The van der Waals surface area contributed by atoms with Gasteiger partial charge < -0.3 is 14.5 Å². The molecule has 2 aliphatic heterocycles. The highest BCUT2D eigenvalue weighted by Crippen LogP contribution is 2.39. The molecule has 148 valence electrons. The molecule has 2 fully saturated rings. The largest absolute Gasteiger partial charge is 0.449 e. The van der Waals surface area contributed by atoms with E-state index in [9.17, 15) is 9.59 Å². The van der Waals surface area contributed by atoms with Crippen molar-refractivity contribution in [2.24, 2.45) is 5.41 Å². The summed E-state index contributed by atoms with van der Waals surface area (Å²) in [5, 5.41) is 0. The van der Waals surface area contributed by atoms with Crippen LogP contribution in [0.15, 0.2) is 24.4 Å². The number of hydrogen-bond donors (Lipinski definition) is 0. The van der Waals surface area contributed by atoms with Gasteiger partial charge in [0.2, 0.25) is 5.91 Å². The zero-order valence-electron chi connectivity index (χ0n) is 16.4. The first-order valence-electron chi connectivity index (χ1n) is 10.2. The number of carbonyl (C=O) groups is 2. The molecule has 0 bridgehead atoms. The lowest BCUT2D eigenvalue weighted by atomic mass is 9.73. The molecule has 2 saturated heterocycles. The van der Waals surface area contributed by atoms with Crippen LogP contribution in [0.5, 0.6) is 0 Å².